The Kier molecular flexibility index (Phi) is 5.77. The van der Waals surface area contributed by atoms with Crippen molar-refractivity contribution in [1.29, 1.82) is 0 Å². The van der Waals surface area contributed by atoms with Crippen molar-refractivity contribution in [3.63, 3.8) is 0 Å². The molecule has 0 radical (unpaired) electrons. The van der Waals surface area contributed by atoms with Crippen LogP contribution in [-0.2, 0) is 9.59 Å². The second kappa shape index (κ2) is 8.10. The fourth-order valence-electron chi connectivity index (χ4n) is 6.99. The lowest BCUT2D eigenvalue weighted by Gasteiger charge is -2.56. The van der Waals surface area contributed by atoms with Crippen LogP contribution in [0.25, 0.3) is 0 Å². The summed E-state index contributed by atoms with van der Waals surface area (Å²) in [5.74, 6) is 3.38. The van der Waals surface area contributed by atoms with Crippen LogP contribution in [0.1, 0.15) is 64.7 Å². The molecule has 4 bridgehead atoms. The van der Waals surface area contributed by atoms with E-state index in [1.54, 1.807) is 0 Å². The molecule has 4 saturated carbocycles. The number of rotatable bonds is 7. The zero-order chi connectivity index (χ0) is 18.9. The van der Waals surface area contributed by atoms with Gasteiger partial charge in [0.25, 0.3) is 0 Å². The number of amides is 2. The van der Waals surface area contributed by atoms with Crippen LogP contribution < -0.4 is 10.6 Å². The third kappa shape index (κ3) is 4.85. The summed E-state index contributed by atoms with van der Waals surface area (Å²) in [6.45, 7) is 6.29. The van der Waals surface area contributed by atoms with E-state index >= 15 is 0 Å². The largest absolute Gasteiger partial charge is 0.353 e. The summed E-state index contributed by atoms with van der Waals surface area (Å²) in [6.07, 6.45) is 11.1. The first-order valence-electron chi connectivity index (χ1n) is 11.3. The van der Waals surface area contributed by atoms with E-state index in [-0.39, 0.29) is 23.8 Å². The minimum Gasteiger partial charge on any atom is -0.353 e. The third-order valence-corrected chi connectivity index (χ3v) is 7.64. The second-order valence-electron chi connectivity index (χ2n) is 10.3. The van der Waals surface area contributed by atoms with Crippen LogP contribution >= 0.6 is 0 Å². The molecule has 0 spiro atoms. The zero-order valence-corrected chi connectivity index (χ0v) is 17.0. The molecule has 5 fully saturated rings. The van der Waals surface area contributed by atoms with E-state index in [1.807, 2.05) is 0 Å². The summed E-state index contributed by atoms with van der Waals surface area (Å²) in [5.41, 5.74) is 0.250. The highest BCUT2D eigenvalue weighted by Crippen LogP contribution is 2.61. The Labute approximate surface area is 164 Å². The highest BCUT2D eigenvalue weighted by atomic mass is 16.2. The number of hydrogen-bond donors (Lipinski definition) is 2. The lowest BCUT2D eigenvalue weighted by molar-refractivity contribution is -0.131. The molecule has 0 aromatic heterocycles. The Morgan fingerprint density at radius 1 is 1.00 bits per heavy atom. The summed E-state index contributed by atoms with van der Waals surface area (Å²) in [7, 11) is 0. The monoisotopic (exact) mass is 375 g/mol. The lowest BCUT2D eigenvalue weighted by Crippen LogP contribution is -2.48. The summed E-state index contributed by atoms with van der Waals surface area (Å²) in [6, 6.07) is 0. The van der Waals surface area contributed by atoms with Crippen molar-refractivity contribution in [2.45, 2.75) is 64.7 Å². The fraction of sp³-hybridized carbons (Fsp3) is 0.909. The Morgan fingerprint density at radius 2 is 1.67 bits per heavy atom. The predicted molar refractivity (Wildman–Crippen MR) is 106 cm³/mol. The summed E-state index contributed by atoms with van der Waals surface area (Å²) in [4.78, 5) is 27.0. The van der Waals surface area contributed by atoms with Gasteiger partial charge >= 0.3 is 0 Å². The van der Waals surface area contributed by atoms with Crippen LogP contribution in [0.2, 0.25) is 0 Å². The molecule has 152 valence electrons. The van der Waals surface area contributed by atoms with Gasteiger partial charge in [-0.1, -0.05) is 6.92 Å². The standard InChI is InChI=1S/C22H37N3O2/c1-16-3-2-5-25(15-16)6-4-23-21(27)14-24-20(26)13-22-10-17-7-18(11-22)9-19(8-17)12-22/h16-19H,2-15H2,1H3,(H,23,27)(H,24,26). The van der Waals surface area contributed by atoms with Crippen LogP contribution in [0.5, 0.6) is 0 Å². The number of carbonyl (C=O) groups is 2. The van der Waals surface area contributed by atoms with Crippen LogP contribution in [0, 0.1) is 29.1 Å². The molecule has 1 aliphatic heterocycles. The lowest BCUT2D eigenvalue weighted by atomic mass is 9.49. The molecule has 1 saturated heterocycles. The first kappa shape index (κ1) is 19.2. The Bertz CT molecular complexity index is 526. The quantitative estimate of drug-likeness (QED) is 0.719. The Hall–Kier alpha value is -1.10. The molecular weight excluding hydrogens is 338 g/mol. The van der Waals surface area contributed by atoms with Crippen molar-refractivity contribution in [3.05, 3.63) is 0 Å². The van der Waals surface area contributed by atoms with Gasteiger partial charge in [-0.3, -0.25) is 9.59 Å². The SMILES string of the molecule is CC1CCCN(CCNC(=O)CNC(=O)CC23CC4CC(CC(C4)C2)C3)C1. The van der Waals surface area contributed by atoms with Gasteiger partial charge in [-0.2, -0.15) is 0 Å². The molecule has 2 N–H and O–H groups in total. The van der Waals surface area contributed by atoms with E-state index in [9.17, 15) is 9.59 Å². The highest BCUT2D eigenvalue weighted by Gasteiger charge is 2.51. The van der Waals surface area contributed by atoms with E-state index in [0.29, 0.717) is 13.0 Å². The molecule has 1 unspecified atom stereocenters. The Balaban J connectivity index is 1.14. The number of piperidine rings is 1. The molecule has 2 amide bonds. The molecule has 1 atom stereocenters. The molecule has 0 aromatic rings. The first-order chi connectivity index (χ1) is 13.0. The fourth-order valence-corrected chi connectivity index (χ4v) is 6.99. The maximum atomic E-state index is 12.5. The van der Waals surface area contributed by atoms with Crippen LogP contribution in [0.3, 0.4) is 0 Å². The Morgan fingerprint density at radius 3 is 2.30 bits per heavy atom. The number of nitrogens with one attached hydrogen (secondary N) is 2. The van der Waals surface area contributed by atoms with E-state index in [1.165, 1.54) is 51.4 Å². The maximum absolute atomic E-state index is 12.5. The molecular formula is C22H37N3O2. The van der Waals surface area contributed by atoms with Gasteiger partial charge < -0.3 is 15.5 Å². The van der Waals surface area contributed by atoms with Crippen LogP contribution in [-0.4, -0.2) is 49.4 Å². The molecule has 5 nitrogen and oxygen atoms in total. The van der Waals surface area contributed by atoms with Crippen molar-refractivity contribution in [2.75, 3.05) is 32.7 Å². The molecule has 5 rings (SSSR count). The van der Waals surface area contributed by atoms with Crippen molar-refractivity contribution < 1.29 is 9.59 Å². The highest BCUT2D eigenvalue weighted by molar-refractivity contribution is 5.84. The van der Waals surface area contributed by atoms with Gasteiger partial charge in [0.05, 0.1) is 6.54 Å². The third-order valence-electron chi connectivity index (χ3n) is 7.64. The van der Waals surface area contributed by atoms with Gasteiger partial charge in [0.2, 0.25) is 11.8 Å². The van der Waals surface area contributed by atoms with Crippen LogP contribution in [0.4, 0.5) is 0 Å². The number of carbonyl (C=O) groups excluding carboxylic acids is 2. The summed E-state index contributed by atoms with van der Waals surface area (Å²) < 4.78 is 0. The maximum Gasteiger partial charge on any atom is 0.239 e. The molecule has 0 aromatic carbocycles. The summed E-state index contributed by atoms with van der Waals surface area (Å²) in [5, 5.41) is 5.85. The van der Waals surface area contributed by atoms with Crippen LogP contribution in [0.15, 0.2) is 0 Å². The molecule has 1 heterocycles. The topological polar surface area (TPSA) is 61.4 Å². The van der Waals surface area contributed by atoms with E-state index in [0.717, 1.165) is 43.3 Å². The average molecular weight is 376 g/mol. The normalized spacial score (nSPS) is 38.0. The number of hydrogen-bond acceptors (Lipinski definition) is 3. The molecule has 27 heavy (non-hydrogen) atoms. The minimum absolute atomic E-state index is 0.0566. The van der Waals surface area contributed by atoms with Crippen molar-refractivity contribution in [2.24, 2.45) is 29.1 Å². The minimum atomic E-state index is -0.0566. The van der Waals surface area contributed by atoms with Crippen molar-refractivity contribution in [3.8, 4) is 0 Å². The van der Waals surface area contributed by atoms with Gasteiger partial charge in [-0.15, -0.1) is 0 Å². The second-order valence-corrected chi connectivity index (χ2v) is 10.3. The van der Waals surface area contributed by atoms with E-state index < -0.39 is 0 Å². The predicted octanol–water partition coefficient (Wildman–Crippen LogP) is 2.56. The van der Waals surface area contributed by atoms with E-state index in [2.05, 4.69) is 22.5 Å². The molecule has 5 heteroatoms. The first-order valence-corrected chi connectivity index (χ1v) is 11.3. The van der Waals surface area contributed by atoms with Crippen molar-refractivity contribution in [1.82, 2.24) is 15.5 Å². The average Bonchev–Trinajstić information content (AvgIpc) is 2.58. The molecule has 5 aliphatic rings. The smallest absolute Gasteiger partial charge is 0.239 e. The van der Waals surface area contributed by atoms with Gasteiger partial charge in [0, 0.05) is 26.1 Å². The number of nitrogens with zero attached hydrogens (tertiary/aromatic N) is 1. The van der Waals surface area contributed by atoms with E-state index in [4.69, 9.17) is 0 Å². The van der Waals surface area contributed by atoms with Gasteiger partial charge in [0.15, 0.2) is 0 Å². The van der Waals surface area contributed by atoms with Gasteiger partial charge in [0.1, 0.15) is 0 Å². The van der Waals surface area contributed by atoms with Gasteiger partial charge in [-0.25, -0.2) is 0 Å². The van der Waals surface area contributed by atoms with Crippen molar-refractivity contribution >= 4 is 11.8 Å². The molecule has 4 aliphatic carbocycles. The summed E-state index contributed by atoms with van der Waals surface area (Å²) >= 11 is 0. The number of likely N-dealkylation sites (tertiary alicyclic amines) is 1. The van der Waals surface area contributed by atoms with Gasteiger partial charge in [-0.05, 0) is 87.0 Å². The zero-order valence-electron chi connectivity index (χ0n) is 17.0.